The van der Waals surface area contributed by atoms with Gasteiger partial charge in [-0.15, -0.1) is 0 Å². The van der Waals surface area contributed by atoms with Crippen LogP contribution in [0.2, 0.25) is 0 Å². The number of amides is 1. The Kier molecular flexibility index (Phi) is 5.60. The number of rotatable bonds is 5. The summed E-state index contributed by atoms with van der Waals surface area (Å²) in [6.07, 6.45) is 2.91. The van der Waals surface area contributed by atoms with Crippen LogP contribution in [0.4, 0.5) is 0 Å². The second kappa shape index (κ2) is 6.53. The Morgan fingerprint density at radius 2 is 1.94 bits per heavy atom. The van der Waals surface area contributed by atoms with E-state index in [1.54, 1.807) is 0 Å². The van der Waals surface area contributed by atoms with Gasteiger partial charge in [-0.1, -0.05) is 13.8 Å². The molecule has 1 heterocycles. The molecule has 4 nitrogen and oxygen atoms in total. The van der Waals surface area contributed by atoms with Crippen molar-refractivity contribution in [2.45, 2.75) is 52.1 Å². The summed E-state index contributed by atoms with van der Waals surface area (Å²) in [6.45, 7) is 8.08. The number of hydrogen-bond donors (Lipinski definition) is 2. The molecule has 0 radical (unpaired) electrons. The van der Waals surface area contributed by atoms with Gasteiger partial charge in [0.05, 0.1) is 5.60 Å². The Morgan fingerprint density at radius 1 is 1.39 bits per heavy atom. The summed E-state index contributed by atoms with van der Waals surface area (Å²) in [7, 11) is 0. The molecule has 4 heteroatoms. The van der Waals surface area contributed by atoms with Crippen molar-refractivity contribution in [3.05, 3.63) is 0 Å². The molecule has 3 N–H and O–H groups in total. The van der Waals surface area contributed by atoms with E-state index < -0.39 is 5.60 Å². The van der Waals surface area contributed by atoms with E-state index in [9.17, 15) is 9.90 Å². The maximum absolute atomic E-state index is 12.1. The third kappa shape index (κ3) is 4.94. The number of hydrogen-bond acceptors (Lipinski definition) is 3. The summed E-state index contributed by atoms with van der Waals surface area (Å²) in [5.41, 5.74) is 5.14. The minimum atomic E-state index is -0.595. The van der Waals surface area contributed by atoms with E-state index in [1.165, 1.54) is 0 Å². The molecular weight excluding hydrogens is 228 g/mol. The molecular formula is C14H28N2O2. The first kappa shape index (κ1) is 15.4. The van der Waals surface area contributed by atoms with E-state index in [4.69, 9.17) is 5.73 Å². The van der Waals surface area contributed by atoms with Crippen LogP contribution in [0, 0.1) is 11.8 Å². The van der Waals surface area contributed by atoms with Gasteiger partial charge in [-0.25, -0.2) is 0 Å². The van der Waals surface area contributed by atoms with Crippen LogP contribution in [0.3, 0.4) is 0 Å². The van der Waals surface area contributed by atoms with Crippen LogP contribution in [-0.2, 0) is 4.79 Å². The second-order valence-corrected chi connectivity index (χ2v) is 6.31. The van der Waals surface area contributed by atoms with Gasteiger partial charge in [0.1, 0.15) is 0 Å². The number of nitrogens with zero attached hydrogens (tertiary/aromatic N) is 1. The number of aliphatic hydroxyl groups is 1. The molecule has 0 spiro atoms. The van der Waals surface area contributed by atoms with Gasteiger partial charge in [-0.2, -0.15) is 0 Å². The topological polar surface area (TPSA) is 66.6 Å². The maximum atomic E-state index is 12.1. The number of likely N-dealkylation sites (tertiary alicyclic amines) is 1. The fourth-order valence-electron chi connectivity index (χ4n) is 2.54. The van der Waals surface area contributed by atoms with Crippen LogP contribution in [0.5, 0.6) is 0 Å². The summed E-state index contributed by atoms with van der Waals surface area (Å²) in [5, 5.41) is 9.86. The molecule has 0 saturated carbocycles. The molecule has 1 amide bonds. The normalized spacial score (nSPS) is 21.1. The monoisotopic (exact) mass is 256 g/mol. The maximum Gasteiger partial charge on any atom is 0.222 e. The van der Waals surface area contributed by atoms with Crippen molar-refractivity contribution in [3.8, 4) is 0 Å². The van der Waals surface area contributed by atoms with Gasteiger partial charge in [0, 0.05) is 19.5 Å². The highest BCUT2D eigenvalue weighted by atomic mass is 16.3. The fourth-order valence-corrected chi connectivity index (χ4v) is 2.54. The average molecular weight is 256 g/mol. The molecule has 1 aliphatic rings. The molecule has 1 atom stereocenters. The van der Waals surface area contributed by atoms with Crippen LogP contribution in [-0.4, -0.2) is 41.1 Å². The van der Waals surface area contributed by atoms with Gasteiger partial charge >= 0.3 is 0 Å². The van der Waals surface area contributed by atoms with Gasteiger partial charge in [0.2, 0.25) is 5.91 Å². The first-order valence-corrected chi connectivity index (χ1v) is 7.04. The predicted molar refractivity (Wildman–Crippen MR) is 73.1 cm³/mol. The summed E-state index contributed by atoms with van der Waals surface area (Å²) < 4.78 is 0. The van der Waals surface area contributed by atoms with Crippen molar-refractivity contribution in [1.29, 1.82) is 0 Å². The molecule has 0 aromatic rings. The molecule has 106 valence electrons. The van der Waals surface area contributed by atoms with Gasteiger partial charge in [0.25, 0.3) is 0 Å². The molecule has 0 aromatic heterocycles. The lowest BCUT2D eigenvalue weighted by Crippen LogP contribution is -2.45. The molecule has 1 fully saturated rings. The van der Waals surface area contributed by atoms with Crippen LogP contribution >= 0.6 is 0 Å². The quantitative estimate of drug-likeness (QED) is 0.781. The van der Waals surface area contributed by atoms with Gasteiger partial charge in [-0.3, -0.25) is 4.79 Å². The SMILES string of the molecule is CC(C)CC(CN)CC(=O)N1CCC(C)(O)CC1. The minimum absolute atomic E-state index is 0.196. The fraction of sp³-hybridized carbons (Fsp3) is 0.929. The largest absolute Gasteiger partial charge is 0.390 e. The number of nitrogens with two attached hydrogens (primary N) is 1. The Balaban J connectivity index is 2.40. The number of piperidine rings is 1. The van der Waals surface area contributed by atoms with E-state index in [0.717, 1.165) is 6.42 Å². The summed E-state index contributed by atoms with van der Waals surface area (Å²) in [4.78, 5) is 14.0. The zero-order valence-corrected chi connectivity index (χ0v) is 12.0. The van der Waals surface area contributed by atoms with Crippen molar-refractivity contribution in [1.82, 2.24) is 4.90 Å². The molecule has 1 unspecified atom stereocenters. The Morgan fingerprint density at radius 3 is 2.39 bits per heavy atom. The van der Waals surface area contributed by atoms with Crippen molar-refractivity contribution in [2.75, 3.05) is 19.6 Å². The smallest absolute Gasteiger partial charge is 0.222 e. The highest BCUT2D eigenvalue weighted by Crippen LogP contribution is 2.23. The third-order valence-corrected chi connectivity index (χ3v) is 3.79. The Labute approximate surface area is 111 Å². The van der Waals surface area contributed by atoms with E-state index in [1.807, 2.05) is 11.8 Å². The van der Waals surface area contributed by atoms with Gasteiger partial charge in [-0.05, 0) is 44.6 Å². The highest BCUT2D eigenvalue weighted by Gasteiger charge is 2.30. The zero-order valence-electron chi connectivity index (χ0n) is 12.0. The first-order chi connectivity index (χ1) is 8.34. The van der Waals surface area contributed by atoms with Crippen LogP contribution in [0.1, 0.15) is 46.5 Å². The van der Waals surface area contributed by atoms with Crippen LogP contribution < -0.4 is 5.73 Å². The Hall–Kier alpha value is -0.610. The van der Waals surface area contributed by atoms with Crippen molar-refractivity contribution >= 4 is 5.91 Å². The lowest BCUT2D eigenvalue weighted by atomic mass is 9.91. The van der Waals surface area contributed by atoms with E-state index in [0.29, 0.717) is 50.7 Å². The van der Waals surface area contributed by atoms with E-state index >= 15 is 0 Å². The lowest BCUT2D eigenvalue weighted by Gasteiger charge is -2.36. The van der Waals surface area contributed by atoms with Crippen LogP contribution in [0.15, 0.2) is 0 Å². The van der Waals surface area contributed by atoms with Gasteiger partial charge in [0.15, 0.2) is 0 Å². The average Bonchev–Trinajstić information content (AvgIpc) is 2.27. The van der Waals surface area contributed by atoms with Crippen molar-refractivity contribution in [3.63, 3.8) is 0 Å². The van der Waals surface area contributed by atoms with Crippen LogP contribution in [0.25, 0.3) is 0 Å². The molecule has 0 aromatic carbocycles. The summed E-state index contributed by atoms with van der Waals surface area (Å²) in [6, 6.07) is 0. The van der Waals surface area contributed by atoms with Gasteiger partial charge < -0.3 is 15.7 Å². The molecule has 0 aliphatic carbocycles. The minimum Gasteiger partial charge on any atom is -0.390 e. The third-order valence-electron chi connectivity index (χ3n) is 3.79. The molecule has 0 bridgehead atoms. The molecule has 1 rings (SSSR count). The Bertz CT molecular complexity index is 267. The second-order valence-electron chi connectivity index (χ2n) is 6.31. The number of carbonyl (C=O) groups excluding carboxylic acids is 1. The summed E-state index contributed by atoms with van der Waals surface area (Å²) in [5.74, 6) is 1.06. The zero-order chi connectivity index (χ0) is 13.8. The molecule has 18 heavy (non-hydrogen) atoms. The lowest BCUT2D eigenvalue weighted by molar-refractivity contribution is -0.136. The number of carbonyl (C=O) groups is 1. The predicted octanol–water partition coefficient (Wildman–Crippen LogP) is 1.37. The standard InChI is InChI=1S/C14H28N2O2/c1-11(2)8-12(10-15)9-13(17)16-6-4-14(3,18)5-7-16/h11-12,18H,4-10,15H2,1-3H3. The summed E-state index contributed by atoms with van der Waals surface area (Å²) >= 11 is 0. The van der Waals surface area contributed by atoms with Crippen molar-refractivity contribution in [2.24, 2.45) is 17.6 Å². The first-order valence-electron chi connectivity index (χ1n) is 7.04. The van der Waals surface area contributed by atoms with E-state index in [2.05, 4.69) is 13.8 Å². The van der Waals surface area contributed by atoms with E-state index in [-0.39, 0.29) is 5.91 Å². The highest BCUT2D eigenvalue weighted by molar-refractivity contribution is 5.76. The van der Waals surface area contributed by atoms with Crippen molar-refractivity contribution < 1.29 is 9.90 Å². The molecule has 1 saturated heterocycles. The molecule has 1 aliphatic heterocycles.